The first-order valence-electron chi connectivity index (χ1n) is 8.12. The van der Waals surface area contributed by atoms with E-state index in [2.05, 4.69) is 63.9 Å². The summed E-state index contributed by atoms with van der Waals surface area (Å²) in [6.07, 6.45) is 2.47. The van der Waals surface area contributed by atoms with Gasteiger partial charge in [-0.15, -0.1) is 5.10 Å². The van der Waals surface area contributed by atoms with Gasteiger partial charge in [-0.3, -0.25) is 0 Å². The average molecular weight is 354 g/mol. The summed E-state index contributed by atoms with van der Waals surface area (Å²) in [6, 6.07) is 14.1. The second-order valence-corrected chi connectivity index (χ2v) is 6.41. The van der Waals surface area contributed by atoms with E-state index in [1.54, 1.807) is 6.20 Å². The molecule has 0 aliphatic carbocycles. The first-order valence-corrected chi connectivity index (χ1v) is 8.50. The van der Waals surface area contributed by atoms with Gasteiger partial charge in [0.25, 0.3) is 0 Å². The number of aryl methyl sites for hydroxylation is 2. The molecule has 1 aromatic heterocycles. The number of hydrogen-bond donors (Lipinski definition) is 2. The van der Waals surface area contributed by atoms with Crippen LogP contribution in [-0.2, 0) is 6.42 Å². The van der Waals surface area contributed by atoms with Crippen LogP contribution in [0.3, 0.4) is 0 Å². The van der Waals surface area contributed by atoms with E-state index < -0.39 is 0 Å². The molecule has 0 aliphatic rings. The molecule has 2 aromatic carbocycles. The lowest BCUT2D eigenvalue weighted by atomic mass is 10.1. The number of rotatable bonds is 6. The van der Waals surface area contributed by atoms with Crippen LogP contribution in [0.25, 0.3) is 0 Å². The SMILES string of the molecule is Cc1cc(C)cc(Nc2nncc(NCCc3cccc(Cl)c3)n2)c1. The van der Waals surface area contributed by atoms with E-state index in [-0.39, 0.29) is 0 Å². The summed E-state index contributed by atoms with van der Waals surface area (Å²) in [7, 11) is 0. The van der Waals surface area contributed by atoms with Crippen LogP contribution in [0.5, 0.6) is 0 Å². The van der Waals surface area contributed by atoms with Crippen LogP contribution < -0.4 is 10.6 Å². The van der Waals surface area contributed by atoms with Crippen LogP contribution in [0.2, 0.25) is 5.02 Å². The maximum Gasteiger partial charge on any atom is 0.249 e. The van der Waals surface area contributed by atoms with Crippen molar-refractivity contribution >= 4 is 29.1 Å². The molecule has 0 saturated carbocycles. The number of hydrogen-bond acceptors (Lipinski definition) is 5. The number of nitrogens with zero attached hydrogens (tertiary/aromatic N) is 3. The Labute approximate surface area is 152 Å². The van der Waals surface area contributed by atoms with Gasteiger partial charge in [-0.05, 0) is 61.2 Å². The topological polar surface area (TPSA) is 62.7 Å². The molecule has 0 radical (unpaired) electrons. The summed E-state index contributed by atoms with van der Waals surface area (Å²) in [5.74, 6) is 1.15. The third kappa shape index (κ3) is 5.16. The van der Waals surface area contributed by atoms with Gasteiger partial charge >= 0.3 is 0 Å². The predicted octanol–water partition coefficient (Wildman–Crippen LogP) is 4.54. The summed E-state index contributed by atoms with van der Waals surface area (Å²) >= 11 is 6.00. The van der Waals surface area contributed by atoms with Gasteiger partial charge in [-0.1, -0.05) is 29.8 Å². The summed E-state index contributed by atoms with van der Waals surface area (Å²) < 4.78 is 0. The van der Waals surface area contributed by atoms with Crippen molar-refractivity contribution in [1.29, 1.82) is 0 Å². The Balaban J connectivity index is 1.61. The van der Waals surface area contributed by atoms with Crippen molar-refractivity contribution in [2.45, 2.75) is 20.3 Å². The van der Waals surface area contributed by atoms with Crippen molar-refractivity contribution in [3.8, 4) is 0 Å². The van der Waals surface area contributed by atoms with Gasteiger partial charge in [-0.2, -0.15) is 10.1 Å². The van der Waals surface area contributed by atoms with Gasteiger partial charge in [0.1, 0.15) is 0 Å². The quantitative estimate of drug-likeness (QED) is 0.681. The first-order chi connectivity index (χ1) is 12.1. The van der Waals surface area contributed by atoms with Crippen molar-refractivity contribution in [3.05, 3.63) is 70.4 Å². The Morgan fingerprint density at radius 2 is 1.84 bits per heavy atom. The molecule has 0 bridgehead atoms. The minimum absolute atomic E-state index is 0.470. The maximum atomic E-state index is 6.00. The zero-order valence-electron chi connectivity index (χ0n) is 14.3. The molecule has 1 heterocycles. The molecule has 0 unspecified atom stereocenters. The normalized spacial score (nSPS) is 10.5. The molecule has 3 aromatic rings. The molecule has 128 valence electrons. The van der Waals surface area contributed by atoms with Crippen molar-refractivity contribution in [2.24, 2.45) is 0 Å². The molecule has 0 fully saturated rings. The van der Waals surface area contributed by atoms with Crippen molar-refractivity contribution in [2.75, 3.05) is 17.2 Å². The Morgan fingerprint density at radius 1 is 1.04 bits per heavy atom. The van der Waals surface area contributed by atoms with Gasteiger partial charge in [0.05, 0.1) is 6.20 Å². The molecular weight excluding hydrogens is 334 g/mol. The van der Waals surface area contributed by atoms with Crippen LogP contribution in [-0.4, -0.2) is 21.7 Å². The second kappa shape index (κ2) is 7.94. The van der Waals surface area contributed by atoms with Crippen LogP contribution in [0, 0.1) is 13.8 Å². The largest absolute Gasteiger partial charge is 0.368 e. The van der Waals surface area contributed by atoms with Crippen molar-refractivity contribution in [3.63, 3.8) is 0 Å². The zero-order chi connectivity index (χ0) is 17.6. The van der Waals surface area contributed by atoms with E-state index in [0.717, 1.165) is 23.7 Å². The number of anilines is 3. The minimum Gasteiger partial charge on any atom is -0.368 e. The van der Waals surface area contributed by atoms with Crippen LogP contribution in [0.1, 0.15) is 16.7 Å². The summed E-state index contributed by atoms with van der Waals surface area (Å²) in [5.41, 5.74) is 4.50. The Morgan fingerprint density at radius 3 is 2.60 bits per heavy atom. The molecule has 0 amide bonds. The Hall–Kier alpha value is -2.66. The van der Waals surface area contributed by atoms with Gasteiger partial charge in [0.2, 0.25) is 5.95 Å². The lowest BCUT2D eigenvalue weighted by Crippen LogP contribution is -2.08. The fraction of sp³-hybridized carbons (Fsp3) is 0.211. The van der Waals surface area contributed by atoms with Crippen molar-refractivity contribution < 1.29 is 0 Å². The molecule has 0 aliphatic heterocycles. The van der Waals surface area contributed by atoms with Crippen LogP contribution in [0.4, 0.5) is 17.5 Å². The lowest BCUT2D eigenvalue weighted by Gasteiger charge is -2.09. The first kappa shape index (κ1) is 17.2. The standard InChI is InChI=1S/C19H20ClN5/c1-13-8-14(2)10-17(9-13)23-19-24-18(12-22-25-19)21-7-6-15-4-3-5-16(20)11-15/h3-5,8-12H,6-7H2,1-2H3,(H2,21,23,24,25). The third-order valence-electron chi connectivity index (χ3n) is 3.65. The maximum absolute atomic E-state index is 6.00. The average Bonchev–Trinajstić information content (AvgIpc) is 2.54. The number of halogens is 1. The fourth-order valence-electron chi connectivity index (χ4n) is 2.65. The van der Waals surface area contributed by atoms with E-state index in [1.807, 2.05) is 18.2 Å². The highest BCUT2D eigenvalue weighted by Gasteiger charge is 2.03. The molecule has 3 rings (SSSR count). The zero-order valence-corrected chi connectivity index (χ0v) is 15.0. The number of aromatic nitrogens is 3. The molecule has 2 N–H and O–H groups in total. The summed E-state index contributed by atoms with van der Waals surface area (Å²) in [4.78, 5) is 4.45. The van der Waals surface area contributed by atoms with E-state index in [9.17, 15) is 0 Å². The molecule has 0 spiro atoms. The van der Waals surface area contributed by atoms with E-state index in [4.69, 9.17) is 11.6 Å². The molecule has 0 atom stereocenters. The highest BCUT2D eigenvalue weighted by Crippen LogP contribution is 2.17. The van der Waals surface area contributed by atoms with E-state index >= 15 is 0 Å². The third-order valence-corrected chi connectivity index (χ3v) is 3.88. The molecular formula is C19H20ClN5. The van der Waals surface area contributed by atoms with Gasteiger partial charge in [-0.25, -0.2) is 0 Å². The molecule has 25 heavy (non-hydrogen) atoms. The highest BCUT2D eigenvalue weighted by atomic mass is 35.5. The number of nitrogens with one attached hydrogen (secondary N) is 2. The summed E-state index contributed by atoms with van der Waals surface area (Å²) in [5, 5.41) is 15.3. The Bertz CT molecular complexity index is 846. The van der Waals surface area contributed by atoms with Crippen molar-refractivity contribution in [1.82, 2.24) is 15.2 Å². The van der Waals surface area contributed by atoms with Gasteiger partial charge in [0.15, 0.2) is 5.82 Å². The van der Waals surface area contributed by atoms with Crippen LogP contribution in [0.15, 0.2) is 48.7 Å². The second-order valence-electron chi connectivity index (χ2n) is 5.97. The Kier molecular flexibility index (Phi) is 5.46. The summed E-state index contributed by atoms with van der Waals surface area (Å²) in [6.45, 7) is 4.86. The number of benzene rings is 2. The van der Waals surface area contributed by atoms with Gasteiger partial charge in [0, 0.05) is 17.3 Å². The molecule has 6 heteroatoms. The van der Waals surface area contributed by atoms with Gasteiger partial charge < -0.3 is 10.6 Å². The monoisotopic (exact) mass is 353 g/mol. The highest BCUT2D eigenvalue weighted by molar-refractivity contribution is 6.30. The minimum atomic E-state index is 0.470. The molecule has 5 nitrogen and oxygen atoms in total. The molecule has 0 saturated heterocycles. The fourth-order valence-corrected chi connectivity index (χ4v) is 2.86. The predicted molar refractivity (Wildman–Crippen MR) is 103 cm³/mol. The van der Waals surface area contributed by atoms with E-state index in [0.29, 0.717) is 11.8 Å². The van der Waals surface area contributed by atoms with Crippen LogP contribution >= 0.6 is 11.6 Å². The smallest absolute Gasteiger partial charge is 0.249 e. The lowest BCUT2D eigenvalue weighted by molar-refractivity contribution is 0.950. The van der Waals surface area contributed by atoms with E-state index in [1.165, 1.54) is 16.7 Å².